The van der Waals surface area contributed by atoms with Crippen molar-refractivity contribution >= 4 is 5.78 Å². The van der Waals surface area contributed by atoms with Crippen LogP contribution >= 0.6 is 0 Å². The Labute approximate surface area is 119 Å². The molecule has 114 valence electrons. The summed E-state index contributed by atoms with van der Waals surface area (Å²) < 4.78 is 5.94. The van der Waals surface area contributed by atoms with Crippen molar-refractivity contribution in [2.45, 2.75) is 72.8 Å². The van der Waals surface area contributed by atoms with Crippen molar-refractivity contribution in [1.82, 2.24) is 5.32 Å². The van der Waals surface area contributed by atoms with Gasteiger partial charge in [0.1, 0.15) is 5.78 Å². The molecule has 19 heavy (non-hydrogen) atoms. The van der Waals surface area contributed by atoms with Gasteiger partial charge in [0.05, 0.1) is 12.1 Å². The van der Waals surface area contributed by atoms with Crippen molar-refractivity contribution in [1.29, 1.82) is 0 Å². The van der Waals surface area contributed by atoms with Gasteiger partial charge in [-0.05, 0) is 45.1 Å². The fraction of sp³-hybridized carbons (Fsp3) is 0.938. The van der Waals surface area contributed by atoms with E-state index in [1.807, 2.05) is 6.92 Å². The summed E-state index contributed by atoms with van der Waals surface area (Å²) >= 11 is 0. The molecule has 0 saturated carbocycles. The molecule has 0 rings (SSSR count). The first-order chi connectivity index (χ1) is 8.66. The van der Waals surface area contributed by atoms with E-state index in [1.54, 1.807) is 0 Å². The number of hydrogen-bond donors (Lipinski definition) is 1. The second kappa shape index (κ2) is 8.70. The second-order valence-corrected chi connectivity index (χ2v) is 7.13. The van der Waals surface area contributed by atoms with E-state index in [2.05, 4.69) is 39.9 Å². The van der Waals surface area contributed by atoms with Gasteiger partial charge < -0.3 is 10.1 Å². The molecule has 0 heterocycles. The zero-order valence-corrected chi connectivity index (χ0v) is 13.8. The van der Waals surface area contributed by atoms with Crippen LogP contribution in [0.3, 0.4) is 0 Å². The highest BCUT2D eigenvalue weighted by Gasteiger charge is 2.19. The van der Waals surface area contributed by atoms with Crippen molar-refractivity contribution in [2.75, 3.05) is 19.7 Å². The van der Waals surface area contributed by atoms with Gasteiger partial charge in [-0.1, -0.05) is 27.7 Å². The van der Waals surface area contributed by atoms with Gasteiger partial charge in [0.25, 0.3) is 0 Å². The zero-order valence-electron chi connectivity index (χ0n) is 13.8. The predicted octanol–water partition coefficient (Wildman–Crippen LogP) is 3.57. The van der Waals surface area contributed by atoms with Gasteiger partial charge in [-0.2, -0.15) is 0 Å². The molecule has 0 saturated heterocycles. The summed E-state index contributed by atoms with van der Waals surface area (Å²) in [7, 11) is 0. The summed E-state index contributed by atoms with van der Waals surface area (Å²) in [4.78, 5) is 11.4. The average molecular weight is 271 g/mol. The Balaban J connectivity index is 3.70. The van der Waals surface area contributed by atoms with Crippen LogP contribution in [0.15, 0.2) is 0 Å². The standard InChI is InChI=1S/C16H33NO2/c1-7-8-14(18)13-17-11-9-16(5,6)19-12-10-15(2,3)4/h17H,7-13H2,1-6H3. The molecule has 0 aromatic rings. The quantitative estimate of drug-likeness (QED) is 0.617. The van der Waals surface area contributed by atoms with Crippen LogP contribution in [-0.4, -0.2) is 31.1 Å². The van der Waals surface area contributed by atoms with E-state index < -0.39 is 0 Å². The molecule has 0 aromatic carbocycles. The summed E-state index contributed by atoms with van der Waals surface area (Å²) in [5.74, 6) is 0.300. The average Bonchev–Trinajstić information content (AvgIpc) is 2.22. The van der Waals surface area contributed by atoms with E-state index in [-0.39, 0.29) is 5.60 Å². The lowest BCUT2D eigenvalue weighted by Gasteiger charge is -2.28. The van der Waals surface area contributed by atoms with Gasteiger partial charge in [-0.15, -0.1) is 0 Å². The van der Waals surface area contributed by atoms with E-state index in [1.165, 1.54) is 0 Å². The third kappa shape index (κ3) is 12.4. The number of hydrogen-bond acceptors (Lipinski definition) is 3. The third-order valence-corrected chi connectivity index (χ3v) is 3.10. The normalized spacial score (nSPS) is 12.7. The molecule has 0 radical (unpaired) electrons. The maximum Gasteiger partial charge on any atom is 0.146 e. The number of carbonyl (C=O) groups is 1. The molecular weight excluding hydrogens is 238 g/mol. The minimum absolute atomic E-state index is 0.119. The van der Waals surface area contributed by atoms with E-state index in [0.717, 1.165) is 32.4 Å². The van der Waals surface area contributed by atoms with Crippen molar-refractivity contribution in [3.05, 3.63) is 0 Å². The van der Waals surface area contributed by atoms with Gasteiger partial charge in [-0.25, -0.2) is 0 Å². The molecule has 0 bridgehead atoms. The Morgan fingerprint density at radius 1 is 1.11 bits per heavy atom. The van der Waals surface area contributed by atoms with Gasteiger partial charge >= 0.3 is 0 Å². The molecule has 0 aliphatic heterocycles. The summed E-state index contributed by atoms with van der Waals surface area (Å²) in [6, 6.07) is 0. The van der Waals surface area contributed by atoms with Gasteiger partial charge in [0.2, 0.25) is 0 Å². The molecular formula is C16H33NO2. The van der Waals surface area contributed by atoms with Crippen LogP contribution in [0.1, 0.15) is 67.2 Å². The van der Waals surface area contributed by atoms with Gasteiger partial charge in [0.15, 0.2) is 0 Å². The molecule has 0 aliphatic rings. The number of rotatable bonds is 10. The number of carbonyl (C=O) groups excluding carboxylic acids is 1. The maximum atomic E-state index is 11.4. The molecule has 0 unspecified atom stereocenters. The van der Waals surface area contributed by atoms with E-state index in [0.29, 0.717) is 24.2 Å². The summed E-state index contributed by atoms with van der Waals surface area (Å²) in [5, 5.41) is 3.20. The molecule has 1 N–H and O–H groups in total. The minimum atomic E-state index is -0.119. The first-order valence-corrected chi connectivity index (χ1v) is 7.53. The van der Waals surface area contributed by atoms with Crippen LogP contribution in [0.2, 0.25) is 0 Å². The van der Waals surface area contributed by atoms with Crippen molar-refractivity contribution in [3.63, 3.8) is 0 Å². The van der Waals surface area contributed by atoms with Gasteiger partial charge in [-0.3, -0.25) is 4.79 Å². The summed E-state index contributed by atoms with van der Waals surface area (Å²) in [6.07, 6.45) is 3.61. The second-order valence-electron chi connectivity index (χ2n) is 7.13. The van der Waals surface area contributed by atoms with Crippen molar-refractivity contribution in [3.8, 4) is 0 Å². The predicted molar refractivity (Wildman–Crippen MR) is 81.5 cm³/mol. The lowest BCUT2D eigenvalue weighted by Crippen LogP contribution is -2.33. The van der Waals surface area contributed by atoms with Crippen molar-refractivity contribution < 1.29 is 9.53 Å². The smallest absolute Gasteiger partial charge is 0.146 e. The maximum absolute atomic E-state index is 11.4. The van der Waals surface area contributed by atoms with Crippen LogP contribution in [0.4, 0.5) is 0 Å². The molecule has 0 amide bonds. The Kier molecular flexibility index (Phi) is 8.51. The van der Waals surface area contributed by atoms with Crippen molar-refractivity contribution in [2.24, 2.45) is 5.41 Å². The Bertz CT molecular complexity index is 254. The fourth-order valence-corrected chi connectivity index (χ4v) is 1.69. The highest BCUT2D eigenvalue weighted by Crippen LogP contribution is 2.21. The van der Waals surface area contributed by atoms with Crippen LogP contribution < -0.4 is 5.32 Å². The summed E-state index contributed by atoms with van der Waals surface area (Å²) in [6.45, 7) is 15.1. The molecule has 0 fully saturated rings. The van der Waals surface area contributed by atoms with Crippen LogP contribution in [-0.2, 0) is 9.53 Å². The topological polar surface area (TPSA) is 38.3 Å². The highest BCUT2D eigenvalue weighted by molar-refractivity contribution is 5.80. The molecule has 0 aliphatic carbocycles. The highest BCUT2D eigenvalue weighted by atomic mass is 16.5. The number of nitrogens with one attached hydrogen (secondary N) is 1. The largest absolute Gasteiger partial charge is 0.376 e. The lowest BCUT2D eigenvalue weighted by molar-refractivity contribution is -0.118. The fourth-order valence-electron chi connectivity index (χ4n) is 1.69. The van der Waals surface area contributed by atoms with Crippen LogP contribution in [0, 0.1) is 5.41 Å². The SMILES string of the molecule is CCCC(=O)CNCCC(C)(C)OCCC(C)(C)C. The number of ketones is 1. The number of ether oxygens (including phenoxy) is 1. The van der Waals surface area contributed by atoms with Crippen LogP contribution in [0.25, 0.3) is 0 Å². The molecule has 3 heteroatoms. The van der Waals surface area contributed by atoms with E-state index in [9.17, 15) is 4.79 Å². The molecule has 0 spiro atoms. The minimum Gasteiger partial charge on any atom is -0.376 e. The van der Waals surface area contributed by atoms with Gasteiger partial charge in [0, 0.05) is 13.0 Å². The van der Waals surface area contributed by atoms with Crippen LogP contribution in [0.5, 0.6) is 0 Å². The number of Topliss-reactive ketones (excluding diaryl/α,β-unsaturated/α-hetero) is 1. The Morgan fingerprint density at radius 3 is 2.26 bits per heavy atom. The lowest BCUT2D eigenvalue weighted by atomic mass is 9.93. The molecule has 0 atom stereocenters. The zero-order chi connectivity index (χ0) is 14.9. The first kappa shape index (κ1) is 18.6. The summed E-state index contributed by atoms with van der Waals surface area (Å²) in [5.41, 5.74) is 0.201. The third-order valence-electron chi connectivity index (χ3n) is 3.10. The Morgan fingerprint density at radius 2 is 1.74 bits per heavy atom. The monoisotopic (exact) mass is 271 g/mol. The Hall–Kier alpha value is -0.410. The van der Waals surface area contributed by atoms with E-state index >= 15 is 0 Å². The molecule has 3 nitrogen and oxygen atoms in total. The van der Waals surface area contributed by atoms with E-state index in [4.69, 9.17) is 4.74 Å². The first-order valence-electron chi connectivity index (χ1n) is 7.53. The molecule has 0 aromatic heterocycles.